The lowest BCUT2D eigenvalue weighted by Crippen LogP contribution is -2.32. The number of nitrogens with zero attached hydrogens (tertiary/aromatic N) is 1. The predicted molar refractivity (Wildman–Crippen MR) is 63.6 cm³/mol. The molecule has 84 valence electrons. The van der Waals surface area contributed by atoms with Crippen LogP contribution >= 0.6 is 11.3 Å². The third kappa shape index (κ3) is 4.01. The van der Waals surface area contributed by atoms with Crippen LogP contribution in [0.2, 0.25) is 0 Å². The van der Waals surface area contributed by atoms with Crippen LogP contribution in [-0.4, -0.2) is 18.0 Å². The number of hydrogen-bond donors (Lipinski definition) is 1. The van der Waals surface area contributed by atoms with Gasteiger partial charge in [-0.15, -0.1) is 11.3 Å². The molecule has 0 spiro atoms. The lowest BCUT2D eigenvalue weighted by atomic mass is 10.1. The van der Waals surface area contributed by atoms with Crippen LogP contribution in [0.25, 0.3) is 0 Å². The molecule has 1 heterocycles. The van der Waals surface area contributed by atoms with Crippen LogP contribution in [0.5, 0.6) is 0 Å². The van der Waals surface area contributed by atoms with Gasteiger partial charge in [-0.2, -0.15) is 0 Å². The van der Waals surface area contributed by atoms with Gasteiger partial charge in [-0.05, 0) is 43.2 Å². The molecule has 0 unspecified atom stereocenters. The average Bonchev–Trinajstić information content (AvgIpc) is 2.58. The summed E-state index contributed by atoms with van der Waals surface area (Å²) in [4.78, 5) is 12.6. The normalized spacial score (nSPS) is 10.3. The Morgan fingerprint density at radius 3 is 2.80 bits per heavy atom. The number of aryl methyl sites for hydroxylation is 2. The van der Waals surface area contributed by atoms with Crippen molar-refractivity contribution < 1.29 is 4.79 Å². The minimum absolute atomic E-state index is 0.0119. The summed E-state index contributed by atoms with van der Waals surface area (Å²) in [6, 6.07) is 2.14. The van der Waals surface area contributed by atoms with Crippen LogP contribution in [0.15, 0.2) is 11.4 Å². The van der Waals surface area contributed by atoms with Crippen molar-refractivity contribution in [2.75, 3.05) is 7.05 Å². The maximum Gasteiger partial charge on any atom is 0.236 e. The number of hydrogen-bond acceptors (Lipinski definition) is 3. The molecular formula is C11H18N2OS. The molecule has 0 aliphatic rings. The van der Waals surface area contributed by atoms with Gasteiger partial charge in [0.1, 0.15) is 0 Å². The number of hydrazine groups is 1. The van der Waals surface area contributed by atoms with Crippen molar-refractivity contribution in [1.29, 1.82) is 0 Å². The Bertz CT molecular complexity index is 320. The van der Waals surface area contributed by atoms with Crippen LogP contribution < -0.4 is 5.84 Å². The summed E-state index contributed by atoms with van der Waals surface area (Å²) < 4.78 is 0. The molecule has 0 bridgehead atoms. The van der Waals surface area contributed by atoms with Crippen molar-refractivity contribution >= 4 is 17.2 Å². The third-order valence-electron chi connectivity index (χ3n) is 2.41. The average molecular weight is 226 g/mol. The quantitative estimate of drug-likeness (QED) is 0.362. The lowest BCUT2D eigenvalue weighted by molar-refractivity contribution is -0.130. The Kier molecular flexibility index (Phi) is 4.78. The Morgan fingerprint density at radius 1 is 1.53 bits per heavy atom. The van der Waals surface area contributed by atoms with Crippen molar-refractivity contribution in [3.63, 3.8) is 0 Å². The summed E-state index contributed by atoms with van der Waals surface area (Å²) in [5, 5.41) is 3.28. The molecule has 0 atom stereocenters. The summed E-state index contributed by atoms with van der Waals surface area (Å²) >= 11 is 1.79. The highest BCUT2D eigenvalue weighted by molar-refractivity contribution is 7.10. The number of unbranched alkanes of at least 4 members (excludes halogenated alkanes) is 1. The van der Waals surface area contributed by atoms with Crippen LogP contribution in [0, 0.1) is 6.92 Å². The van der Waals surface area contributed by atoms with Gasteiger partial charge in [0.15, 0.2) is 0 Å². The largest absolute Gasteiger partial charge is 0.284 e. The van der Waals surface area contributed by atoms with E-state index in [9.17, 15) is 4.79 Å². The van der Waals surface area contributed by atoms with Crippen molar-refractivity contribution in [3.05, 3.63) is 21.9 Å². The Morgan fingerprint density at radius 2 is 2.27 bits per heavy atom. The molecular weight excluding hydrogens is 208 g/mol. The van der Waals surface area contributed by atoms with Gasteiger partial charge in [0.25, 0.3) is 0 Å². The molecule has 3 nitrogen and oxygen atoms in total. The molecule has 0 aliphatic heterocycles. The number of nitrogens with two attached hydrogens (primary N) is 1. The van der Waals surface area contributed by atoms with E-state index in [4.69, 9.17) is 5.84 Å². The van der Waals surface area contributed by atoms with E-state index >= 15 is 0 Å². The van der Waals surface area contributed by atoms with Gasteiger partial charge in [-0.25, -0.2) is 5.84 Å². The van der Waals surface area contributed by atoms with E-state index in [0.29, 0.717) is 6.42 Å². The smallest absolute Gasteiger partial charge is 0.236 e. The molecule has 15 heavy (non-hydrogen) atoms. The highest BCUT2D eigenvalue weighted by Crippen LogP contribution is 2.18. The highest BCUT2D eigenvalue weighted by atomic mass is 32.1. The van der Waals surface area contributed by atoms with E-state index in [1.807, 2.05) is 0 Å². The van der Waals surface area contributed by atoms with Crippen molar-refractivity contribution in [3.8, 4) is 0 Å². The van der Waals surface area contributed by atoms with Gasteiger partial charge in [-0.3, -0.25) is 9.80 Å². The van der Waals surface area contributed by atoms with Crippen LogP contribution in [0.3, 0.4) is 0 Å². The van der Waals surface area contributed by atoms with E-state index in [-0.39, 0.29) is 5.91 Å². The zero-order valence-corrected chi connectivity index (χ0v) is 10.1. The molecule has 1 aromatic heterocycles. The first-order valence-electron chi connectivity index (χ1n) is 5.15. The fraction of sp³-hybridized carbons (Fsp3) is 0.545. The summed E-state index contributed by atoms with van der Waals surface area (Å²) in [6.07, 6.45) is 3.60. The summed E-state index contributed by atoms with van der Waals surface area (Å²) in [7, 11) is 1.59. The molecule has 2 N–H and O–H groups in total. The second-order valence-electron chi connectivity index (χ2n) is 3.74. The van der Waals surface area contributed by atoms with Gasteiger partial charge in [-0.1, -0.05) is 0 Å². The standard InChI is InChI=1S/C11H18N2OS/c1-9-7-8-15-10(9)5-3-4-6-11(14)13(2)12/h7-8H,3-6,12H2,1-2H3. The number of amides is 1. The molecule has 0 fully saturated rings. The first-order valence-corrected chi connectivity index (χ1v) is 6.03. The van der Waals surface area contributed by atoms with Gasteiger partial charge in [0, 0.05) is 18.3 Å². The van der Waals surface area contributed by atoms with Gasteiger partial charge >= 0.3 is 0 Å². The van der Waals surface area contributed by atoms with E-state index in [1.165, 1.54) is 10.4 Å². The Hall–Kier alpha value is -0.870. The minimum atomic E-state index is 0.0119. The Balaban J connectivity index is 2.18. The zero-order chi connectivity index (χ0) is 11.3. The first kappa shape index (κ1) is 12.2. The SMILES string of the molecule is Cc1ccsc1CCCCC(=O)N(C)N. The van der Waals surface area contributed by atoms with Crippen molar-refractivity contribution in [2.24, 2.45) is 5.84 Å². The zero-order valence-electron chi connectivity index (χ0n) is 9.32. The predicted octanol–water partition coefficient (Wildman–Crippen LogP) is 2.10. The molecule has 0 radical (unpaired) electrons. The molecule has 0 saturated carbocycles. The molecule has 1 rings (SSSR count). The fourth-order valence-electron chi connectivity index (χ4n) is 1.40. The molecule has 1 amide bonds. The van der Waals surface area contributed by atoms with Crippen LogP contribution in [-0.2, 0) is 11.2 Å². The fourth-order valence-corrected chi connectivity index (χ4v) is 2.35. The summed E-state index contributed by atoms with van der Waals surface area (Å²) in [5.74, 6) is 5.33. The van der Waals surface area contributed by atoms with E-state index in [0.717, 1.165) is 24.3 Å². The van der Waals surface area contributed by atoms with Crippen LogP contribution in [0.1, 0.15) is 29.7 Å². The van der Waals surface area contributed by atoms with Gasteiger partial charge < -0.3 is 0 Å². The molecule has 0 aromatic carbocycles. The van der Waals surface area contributed by atoms with Gasteiger partial charge in [0.05, 0.1) is 0 Å². The number of carbonyl (C=O) groups is 1. The van der Waals surface area contributed by atoms with Crippen molar-refractivity contribution in [1.82, 2.24) is 5.01 Å². The number of carbonyl (C=O) groups excluding carboxylic acids is 1. The molecule has 4 heteroatoms. The monoisotopic (exact) mass is 226 g/mol. The third-order valence-corrected chi connectivity index (χ3v) is 3.49. The van der Waals surface area contributed by atoms with E-state index in [1.54, 1.807) is 18.4 Å². The van der Waals surface area contributed by atoms with E-state index < -0.39 is 0 Å². The molecule has 1 aromatic rings. The molecule has 0 aliphatic carbocycles. The maximum absolute atomic E-state index is 11.2. The van der Waals surface area contributed by atoms with E-state index in [2.05, 4.69) is 18.4 Å². The second-order valence-corrected chi connectivity index (χ2v) is 4.74. The van der Waals surface area contributed by atoms with Crippen molar-refractivity contribution in [2.45, 2.75) is 32.6 Å². The summed E-state index contributed by atoms with van der Waals surface area (Å²) in [5.41, 5.74) is 1.36. The summed E-state index contributed by atoms with van der Waals surface area (Å²) in [6.45, 7) is 2.13. The lowest BCUT2D eigenvalue weighted by Gasteiger charge is -2.08. The number of rotatable bonds is 5. The second kappa shape index (κ2) is 5.88. The maximum atomic E-state index is 11.2. The topological polar surface area (TPSA) is 46.3 Å². The first-order chi connectivity index (χ1) is 7.11. The minimum Gasteiger partial charge on any atom is -0.284 e. The number of thiophene rings is 1. The van der Waals surface area contributed by atoms with Gasteiger partial charge in [0.2, 0.25) is 5.91 Å². The Labute approximate surface area is 94.9 Å². The highest BCUT2D eigenvalue weighted by Gasteiger charge is 2.04. The van der Waals surface area contributed by atoms with Crippen LogP contribution in [0.4, 0.5) is 0 Å². The molecule has 0 saturated heterocycles.